The van der Waals surface area contributed by atoms with E-state index >= 15 is 0 Å². The number of hydrogen-bond acceptors (Lipinski definition) is 7. The number of aromatic nitrogens is 1. The van der Waals surface area contributed by atoms with Crippen LogP contribution in [0.2, 0.25) is 0 Å². The van der Waals surface area contributed by atoms with Crippen LogP contribution in [0.1, 0.15) is 5.69 Å². The zero-order valence-electron chi connectivity index (χ0n) is 13.3. The van der Waals surface area contributed by atoms with Crippen LogP contribution in [0, 0.1) is 17.0 Å². The van der Waals surface area contributed by atoms with Gasteiger partial charge in [0.05, 0.1) is 4.92 Å². The number of nitro groups is 1. The van der Waals surface area contributed by atoms with Crippen molar-refractivity contribution < 1.29 is 13.3 Å². The van der Waals surface area contributed by atoms with Gasteiger partial charge in [0.2, 0.25) is 0 Å². The molecule has 1 N–H and O–H groups in total. The second-order valence-corrected chi connectivity index (χ2v) is 8.68. The van der Waals surface area contributed by atoms with Gasteiger partial charge in [0, 0.05) is 37.9 Å². The third-order valence-electron chi connectivity index (χ3n) is 4.01. The molecule has 25 heavy (non-hydrogen) atoms. The lowest BCUT2D eigenvalue weighted by Crippen LogP contribution is -2.48. The van der Waals surface area contributed by atoms with E-state index in [0.29, 0.717) is 35.8 Å². The van der Waals surface area contributed by atoms with Crippen molar-refractivity contribution in [2.45, 2.75) is 11.1 Å². The van der Waals surface area contributed by atoms with Crippen molar-refractivity contribution in [2.75, 3.05) is 31.1 Å². The number of nitrogens with zero attached hydrogens (tertiary/aromatic N) is 3. The van der Waals surface area contributed by atoms with Gasteiger partial charge in [0.25, 0.3) is 15.7 Å². The second-order valence-electron chi connectivity index (χ2n) is 5.56. The Morgan fingerprint density at radius 1 is 1.20 bits per heavy atom. The van der Waals surface area contributed by atoms with Crippen LogP contribution in [-0.2, 0) is 10.0 Å². The Kier molecular flexibility index (Phi) is 4.62. The molecular formula is C14H16N4O5S2. The summed E-state index contributed by atoms with van der Waals surface area (Å²) < 4.78 is 26.7. The number of hydrogen-bond donors (Lipinski definition) is 1. The highest BCUT2D eigenvalue weighted by molar-refractivity contribution is 7.91. The fourth-order valence-corrected chi connectivity index (χ4v) is 5.67. The Morgan fingerprint density at radius 2 is 1.84 bits per heavy atom. The lowest BCUT2D eigenvalue weighted by atomic mass is 10.2. The number of piperazine rings is 1. The Morgan fingerprint density at radius 3 is 2.40 bits per heavy atom. The summed E-state index contributed by atoms with van der Waals surface area (Å²) in [5.74, 6) is 0. The summed E-state index contributed by atoms with van der Waals surface area (Å²) in [5.41, 5.74) is 0.807. The molecule has 1 aliphatic rings. The van der Waals surface area contributed by atoms with E-state index in [1.165, 1.54) is 10.4 Å². The van der Waals surface area contributed by atoms with Crippen molar-refractivity contribution in [3.8, 4) is 0 Å². The fourth-order valence-electron chi connectivity index (χ4n) is 2.81. The molecular weight excluding hydrogens is 368 g/mol. The van der Waals surface area contributed by atoms with Crippen molar-refractivity contribution in [3.05, 3.63) is 49.7 Å². The molecule has 0 aliphatic carbocycles. The second kappa shape index (κ2) is 6.58. The first-order valence-electron chi connectivity index (χ1n) is 7.49. The Hall–Kier alpha value is -2.24. The van der Waals surface area contributed by atoms with Gasteiger partial charge in [0.1, 0.15) is 5.69 Å². The molecule has 1 saturated heterocycles. The standard InChI is InChI=1S/C14H16N4O5S2/c1-10-13(24-14(19)15-10)25(22,23)17-8-6-16(7-9-17)11-4-2-3-5-12(11)18(20)21/h2-5H,6-9H2,1H3,(H,15,19). The summed E-state index contributed by atoms with van der Waals surface area (Å²) in [6.07, 6.45) is 0. The first-order valence-corrected chi connectivity index (χ1v) is 9.74. The number of H-pyrrole nitrogens is 1. The fraction of sp³-hybridized carbons (Fsp3) is 0.357. The van der Waals surface area contributed by atoms with Crippen molar-refractivity contribution in [3.63, 3.8) is 0 Å². The van der Waals surface area contributed by atoms with Gasteiger partial charge in [-0.3, -0.25) is 14.9 Å². The van der Waals surface area contributed by atoms with Gasteiger partial charge in [-0.25, -0.2) is 8.42 Å². The van der Waals surface area contributed by atoms with Crippen molar-refractivity contribution in [1.82, 2.24) is 9.29 Å². The van der Waals surface area contributed by atoms with E-state index in [9.17, 15) is 23.3 Å². The number of sulfonamides is 1. The smallest absolute Gasteiger partial charge is 0.305 e. The van der Waals surface area contributed by atoms with E-state index in [4.69, 9.17) is 0 Å². The molecule has 0 saturated carbocycles. The van der Waals surface area contributed by atoms with E-state index in [1.807, 2.05) is 0 Å². The molecule has 1 aromatic heterocycles. The minimum atomic E-state index is -3.74. The van der Waals surface area contributed by atoms with E-state index in [0.717, 1.165) is 0 Å². The Balaban J connectivity index is 1.80. The number of benzene rings is 1. The summed E-state index contributed by atoms with van der Waals surface area (Å²) in [6, 6.07) is 6.40. The lowest BCUT2D eigenvalue weighted by Gasteiger charge is -2.34. The zero-order valence-corrected chi connectivity index (χ0v) is 15.0. The van der Waals surface area contributed by atoms with E-state index in [-0.39, 0.29) is 23.0 Å². The van der Waals surface area contributed by atoms with E-state index in [2.05, 4.69) is 4.98 Å². The van der Waals surface area contributed by atoms with Gasteiger partial charge in [-0.2, -0.15) is 4.31 Å². The highest BCUT2D eigenvalue weighted by atomic mass is 32.2. The number of rotatable bonds is 4. The number of nitro benzene ring substituents is 1. The largest absolute Gasteiger partial charge is 0.363 e. The first-order chi connectivity index (χ1) is 11.8. The third-order valence-corrected chi connectivity index (χ3v) is 7.49. The van der Waals surface area contributed by atoms with Crippen LogP contribution in [0.5, 0.6) is 0 Å². The monoisotopic (exact) mass is 384 g/mol. The van der Waals surface area contributed by atoms with E-state index in [1.54, 1.807) is 30.0 Å². The van der Waals surface area contributed by atoms with Crippen LogP contribution in [0.25, 0.3) is 0 Å². The minimum absolute atomic E-state index is 0.00138. The average Bonchev–Trinajstić information content (AvgIpc) is 2.94. The maximum absolute atomic E-state index is 12.7. The predicted octanol–water partition coefficient (Wildman–Crippen LogP) is 1.16. The molecule has 0 atom stereocenters. The molecule has 3 rings (SSSR count). The molecule has 1 fully saturated rings. The molecule has 0 bridgehead atoms. The molecule has 2 aromatic rings. The van der Waals surface area contributed by atoms with Crippen LogP contribution in [0.3, 0.4) is 0 Å². The Labute approximate surface area is 147 Å². The highest BCUT2D eigenvalue weighted by Gasteiger charge is 2.32. The lowest BCUT2D eigenvalue weighted by molar-refractivity contribution is -0.384. The third kappa shape index (κ3) is 3.30. The number of nitrogens with one attached hydrogen (secondary N) is 1. The molecule has 0 radical (unpaired) electrons. The summed E-state index contributed by atoms with van der Waals surface area (Å²) in [5, 5.41) is 11.2. The van der Waals surface area contributed by atoms with Crippen LogP contribution < -0.4 is 9.77 Å². The minimum Gasteiger partial charge on any atom is -0.363 e. The van der Waals surface area contributed by atoms with Crippen LogP contribution in [0.4, 0.5) is 11.4 Å². The maximum atomic E-state index is 12.7. The first kappa shape index (κ1) is 17.6. The van der Waals surface area contributed by atoms with Crippen LogP contribution in [-0.4, -0.2) is 48.8 Å². The van der Waals surface area contributed by atoms with Gasteiger partial charge in [-0.15, -0.1) is 0 Å². The molecule has 0 spiro atoms. The maximum Gasteiger partial charge on any atom is 0.305 e. The topological polar surface area (TPSA) is 117 Å². The quantitative estimate of drug-likeness (QED) is 0.625. The summed E-state index contributed by atoms with van der Waals surface area (Å²) in [6.45, 7) is 2.61. The molecule has 9 nitrogen and oxygen atoms in total. The van der Waals surface area contributed by atoms with Gasteiger partial charge in [-0.05, 0) is 13.0 Å². The van der Waals surface area contributed by atoms with Crippen molar-refractivity contribution >= 4 is 32.7 Å². The number of para-hydroxylation sites is 2. The summed E-state index contributed by atoms with van der Waals surface area (Å²) in [7, 11) is -3.74. The summed E-state index contributed by atoms with van der Waals surface area (Å²) >= 11 is 0.675. The van der Waals surface area contributed by atoms with Crippen LogP contribution >= 0.6 is 11.3 Å². The molecule has 0 amide bonds. The molecule has 0 unspecified atom stereocenters. The number of aromatic amines is 1. The van der Waals surface area contributed by atoms with Gasteiger partial charge < -0.3 is 9.88 Å². The molecule has 1 aromatic carbocycles. The number of aryl methyl sites for hydroxylation is 1. The van der Waals surface area contributed by atoms with Crippen LogP contribution in [0.15, 0.2) is 33.3 Å². The number of anilines is 1. The zero-order chi connectivity index (χ0) is 18.2. The average molecular weight is 384 g/mol. The normalized spacial score (nSPS) is 16.1. The Bertz CT molecular complexity index is 958. The van der Waals surface area contributed by atoms with Crippen molar-refractivity contribution in [2.24, 2.45) is 0 Å². The van der Waals surface area contributed by atoms with Crippen molar-refractivity contribution in [1.29, 1.82) is 0 Å². The van der Waals surface area contributed by atoms with E-state index < -0.39 is 19.8 Å². The van der Waals surface area contributed by atoms with Gasteiger partial charge >= 0.3 is 4.87 Å². The predicted molar refractivity (Wildman–Crippen MR) is 93.7 cm³/mol. The van der Waals surface area contributed by atoms with Gasteiger partial charge in [-0.1, -0.05) is 23.5 Å². The molecule has 134 valence electrons. The SMILES string of the molecule is Cc1[nH]c(=O)sc1S(=O)(=O)N1CCN(c2ccccc2[N+](=O)[O-])CC1. The molecule has 2 heterocycles. The number of thiazole rings is 1. The molecule has 11 heteroatoms. The highest BCUT2D eigenvalue weighted by Crippen LogP contribution is 2.29. The summed E-state index contributed by atoms with van der Waals surface area (Å²) in [4.78, 5) is 26.0. The molecule has 1 aliphatic heterocycles. The van der Waals surface area contributed by atoms with Gasteiger partial charge in [0.15, 0.2) is 4.21 Å².